The topological polar surface area (TPSA) is 63.2 Å². The second-order valence-electron chi connectivity index (χ2n) is 8.50. The smallest absolute Gasteiger partial charge is 0.252 e. The minimum atomic E-state index is -0.0284. The third-order valence-corrected chi connectivity index (χ3v) is 6.42. The fourth-order valence-corrected chi connectivity index (χ4v) is 4.41. The van der Waals surface area contributed by atoms with Crippen LogP contribution in [0.25, 0.3) is 10.9 Å². The maximum absolute atomic E-state index is 13.3. The van der Waals surface area contributed by atoms with E-state index in [1.54, 1.807) is 0 Å². The van der Waals surface area contributed by atoms with E-state index >= 15 is 0 Å². The second-order valence-corrected chi connectivity index (χ2v) is 8.50. The van der Waals surface area contributed by atoms with Gasteiger partial charge in [0.25, 0.3) is 5.91 Å². The molecule has 31 heavy (non-hydrogen) atoms. The van der Waals surface area contributed by atoms with E-state index in [0.717, 1.165) is 35.2 Å². The molecule has 2 aromatic carbocycles. The van der Waals surface area contributed by atoms with Crippen LogP contribution in [-0.2, 0) is 0 Å². The summed E-state index contributed by atoms with van der Waals surface area (Å²) in [6.45, 7) is 7.13. The van der Waals surface area contributed by atoms with Gasteiger partial charge in [-0.05, 0) is 61.6 Å². The van der Waals surface area contributed by atoms with Gasteiger partial charge >= 0.3 is 0 Å². The van der Waals surface area contributed by atoms with E-state index in [0.29, 0.717) is 29.8 Å². The van der Waals surface area contributed by atoms with Crippen molar-refractivity contribution in [1.29, 1.82) is 0 Å². The molecule has 1 aromatic heterocycles. The molecule has 1 fully saturated rings. The van der Waals surface area contributed by atoms with Gasteiger partial charge in [0.2, 0.25) is 0 Å². The fraction of sp³-hybridized carbons (Fsp3) is 0.385. The molecule has 5 nitrogen and oxygen atoms in total. The molecule has 3 atom stereocenters. The quantitative estimate of drug-likeness (QED) is 0.522. The first-order valence-electron chi connectivity index (χ1n) is 11.3. The van der Waals surface area contributed by atoms with Crippen molar-refractivity contribution in [3.8, 4) is 5.75 Å². The van der Waals surface area contributed by atoms with E-state index in [2.05, 4.69) is 24.5 Å². The lowest BCUT2D eigenvalue weighted by Gasteiger charge is -2.34. The van der Waals surface area contributed by atoms with E-state index in [9.17, 15) is 4.79 Å². The Kier molecular flexibility index (Phi) is 6.40. The number of hydrogen-bond donors (Lipinski definition) is 2. The zero-order valence-electron chi connectivity index (χ0n) is 18.5. The highest BCUT2D eigenvalue weighted by molar-refractivity contribution is 6.07. The second kappa shape index (κ2) is 9.38. The first-order valence-corrected chi connectivity index (χ1v) is 11.3. The average Bonchev–Trinajstić information content (AvgIpc) is 2.78. The lowest BCUT2D eigenvalue weighted by atomic mass is 9.78. The predicted molar refractivity (Wildman–Crippen MR) is 126 cm³/mol. The summed E-state index contributed by atoms with van der Waals surface area (Å²) >= 11 is 0. The molecule has 1 aliphatic carbocycles. The molecular weight excluding hydrogens is 386 g/mol. The molecule has 3 unspecified atom stereocenters. The molecule has 1 amide bonds. The number of rotatable bonds is 6. The molecule has 1 aliphatic rings. The first kappa shape index (κ1) is 21.2. The normalized spacial score (nSPS) is 20.9. The number of pyridine rings is 1. The Balaban J connectivity index is 1.61. The number of fused-ring (bicyclic) bond motifs is 1. The standard InChI is InChI=1S/C26H31N3O2/c1-4-31-20-14-12-19(13-15-20)27-25-16-22(21-9-5-6-10-24(21)28-25)26(30)29-23-11-7-8-17(2)18(23)3/h5-6,9-10,12-18,23H,4,7-8,11H2,1-3H3,(H,27,28)(H,29,30). The Bertz CT molecular complexity index is 1050. The van der Waals surface area contributed by atoms with E-state index < -0.39 is 0 Å². The number of carbonyl (C=O) groups is 1. The number of hydrogen-bond acceptors (Lipinski definition) is 4. The minimum Gasteiger partial charge on any atom is -0.494 e. The summed E-state index contributed by atoms with van der Waals surface area (Å²) in [7, 11) is 0. The number of ether oxygens (including phenoxy) is 1. The van der Waals surface area contributed by atoms with Crippen LogP contribution in [0.1, 0.15) is 50.4 Å². The van der Waals surface area contributed by atoms with Gasteiger partial charge in [-0.25, -0.2) is 4.98 Å². The molecule has 5 heteroatoms. The summed E-state index contributed by atoms with van der Waals surface area (Å²) in [6, 6.07) is 17.6. The van der Waals surface area contributed by atoms with E-state index in [1.807, 2.05) is 61.5 Å². The Hall–Kier alpha value is -3.08. The summed E-state index contributed by atoms with van der Waals surface area (Å²) in [5, 5.41) is 7.51. The maximum Gasteiger partial charge on any atom is 0.252 e. The van der Waals surface area contributed by atoms with Gasteiger partial charge in [0, 0.05) is 17.1 Å². The molecule has 0 aliphatic heterocycles. The van der Waals surface area contributed by atoms with Crippen molar-refractivity contribution in [2.24, 2.45) is 11.8 Å². The van der Waals surface area contributed by atoms with Crippen molar-refractivity contribution in [2.45, 2.75) is 46.1 Å². The van der Waals surface area contributed by atoms with Crippen molar-refractivity contribution in [3.63, 3.8) is 0 Å². The number of amides is 1. The van der Waals surface area contributed by atoms with Crippen molar-refractivity contribution in [3.05, 3.63) is 60.2 Å². The monoisotopic (exact) mass is 417 g/mol. The molecule has 0 spiro atoms. The number of benzene rings is 2. The van der Waals surface area contributed by atoms with Crippen LogP contribution in [0.5, 0.6) is 5.75 Å². The maximum atomic E-state index is 13.3. The number of aromatic nitrogens is 1. The highest BCUT2D eigenvalue weighted by atomic mass is 16.5. The Labute approximate surface area is 184 Å². The summed E-state index contributed by atoms with van der Waals surface area (Å²) in [5.41, 5.74) is 2.35. The summed E-state index contributed by atoms with van der Waals surface area (Å²) < 4.78 is 5.51. The molecule has 0 radical (unpaired) electrons. The van der Waals surface area contributed by atoms with Crippen LogP contribution in [-0.4, -0.2) is 23.5 Å². The number of anilines is 2. The van der Waals surface area contributed by atoms with Crippen LogP contribution in [0.15, 0.2) is 54.6 Å². The van der Waals surface area contributed by atoms with Gasteiger partial charge in [-0.15, -0.1) is 0 Å². The fourth-order valence-electron chi connectivity index (χ4n) is 4.41. The van der Waals surface area contributed by atoms with Gasteiger partial charge < -0.3 is 15.4 Å². The summed E-state index contributed by atoms with van der Waals surface area (Å²) in [5.74, 6) is 2.56. The third kappa shape index (κ3) is 4.82. The molecule has 2 N–H and O–H groups in total. The molecule has 1 saturated carbocycles. The minimum absolute atomic E-state index is 0.0284. The number of nitrogens with zero attached hydrogens (tertiary/aromatic N) is 1. The zero-order chi connectivity index (χ0) is 21.8. The van der Waals surface area contributed by atoms with E-state index in [-0.39, 0.29) is 11.9 Å². The van der Waals surface area contributed by atoms with Gasteiger partial charge in [0.15, 0.2) is 0 Å². The Morgan fingerprint density at radius 3 is 2.65 bits per heavy atom. The molecule has 3 aromatic rings. The first-order chi connectivity index (χ1) is 15.0. The summed E-state index contributed by atoms with van der Waals surface area (Å²) in [4.78, 5) is 18.0. The van der Waals surface area contributed by atoms with E-state index in [4.69, 9.17) is 9.72 Å². The van der Waals surface area contributed by atoms with Crippen LogP contribution in [0.2, 0.25) is 0 Å². The van der Waals surface area contributed by atoms with Gasteiger partial charge in [-0.1, -0.05) is 44.9 Å². The van der Waals surface area contributed by atoms with Crippen LogP contribution in [0.3, 0.4) is 0 Å². The van der Waals surface area contributed by atoms with Gasteiger partial charge in [0.05, 0.1) is 17.7 Å². The van der Waals surface area contributed by atoms with E-state index in [1.165, 1.54) is 6.42 Å². The van der Waals surface area contributed by atoms with Crippen molar-refractivity contribution >= 4 is 28.3 Å². The number of para-hydroxylation sites is 1. The van der Waals surface area contributed by atoms with Gasteiger partial charge in [0.1, 0.15) is 11.6 Å². The zero-order valence-corrected chi connectivity index (χ0v) is 18.5. The van der Waals surface area contributed by atoms with Crippen LogP contribution in [0.4, 0.5) is 11.5 Å². The third-order valence-electron chi connectivity index (χ3n) is 6.42. The van der Waals surface area contributed by atoms with Crippen molar-refractivity contribution < 1.29 is 9.53 Å². The number of carbonyl (C=O) groups excluding carboxylic acids is 1. The predicted octanol–water partition coefficient (Wildman–Crippen LogP) is 5.93. The molecule has 1 heterocycles. The molecular formula is C26H31N3O2. The molecule has 0 saturated heterocycles. The van der Waals surface area contributed by atoms with Gasteiger partial charge in [-0.3, -0.25) is 4.79 Å². The SMILES string of the molecule is CCOc1ccc(Nc2cc(C(=O)NC3CCCC(C)C3C)c3ccccc3n2)cc1. The average molecular weight is 418 g/mol. The lowest BCUT2D eigenvalue weighted by molar-refractivity contribution is 0.0892. The van der Waals surface area contributed by atoms with Crippen molar-refractivity contribution in [1.82, 2.24) is 10.3 Å². The van der Waals surface area contributed by atoms with Gasteiger partial charge in [-0.2, -0.15) is 0 Å². The lowest BCUT2D eigenvalue weighted by Crippen LogP contribution is -2.43. The summed E-state index contributed by atoms with van der Waals surface area (Å²) in [6.07, 6.45) is 3.44. The molecule has 162 valence electrons. The number of nitrogens with one attached hydrogen (secondary N) is 2. The van der Waals surface area contributed by atoms with Crippen LogP contribution >= 0.6 is 0 Å². The highest BCUT2D eigenvalue weighted by Crippen LogP contribution is 2.30. The van der Waals surface area contributed by atoms with Crippen molar-refractivity contribution in [2.75, 3.05) is 11.9 Å². The molecule has 4 rings (SSSR count). The largest absolute Gasteiger partial charge is 0.494 e. The van der Waals surface area contributed by atoms with Crippen LogP contribution < -0.4 is 15.4 Å². The highest BCUT2D eigenvalue weighted by Gasteiger charge is 2.28. The Morgan fingerprint density at radius 1 is 1.10 bits per heavy atom. The van der Waals surface area contributed by atoms with Crippen LogP contribution in [0, 0.1) is 11.8 Å². The Morgan fingerprint density at radius 2 is 1.87 bits per heavy atom. The molecule has 0 bridgehead atoms.